The second-order valence-electron chi connectivity index (χ2n) is 3.43. The Hall–Kier alpha value is 0.550. The van der Waals surface area contributed by atoms with Crippen molar-refractivity contribution >= 4 is 22.6 Å². The number of alkyl halides is 3. The average molecular weight is 289 g/mol. The van der Waals surface area contributed by atoms with E-state index in [0.717, 1.165) is 19.5 Å². The van der Waals surface area contributed by atoms with Gasteiger partial charge in [-0.05, 0) is 18.9 Å². The highest BCUT2D eigenvalue weighted by Gasteiger charge is 2.25. The Morgan fingerprint density at radius 3 is 2.75 bits per heavy atom. The van der Waals surface area contributed by atoms with Gasteiger partial charge in [0.25, 0.3) is 6.43 Å². The van der Waals surface area contributed by atoms with Crippen LogP contribution in [-0.2, 0) is 0 Å². The Kier molecular flexibility index (Phi) is 4.16. The van der Waals surface area contributed by atoms with Crippen LogP contribution in [0.15, 0.2) is 0 Å². The molecule has 4 heteroatoms. The minimum atomic E-state index is -2.18. The third-order valence-electron chi connectivity index (χ3n) is 2.35. The Bertz CT molecular complexity index is 143. The quantitative estimate of drug-likeness (QED) is 0.557. The molecule has 0 amide bonds. The number of hydrogen-bond donors (Lipinski definition) is 0. The fraction of sp³-hybridized carbons (Fsp3) is 1.00. The van der Waals surface area contributed by atoms with Gasteiger partial charge in [0, 0.05) is 10.5 Å². The van der Waals surface area contributed by atoms with E-state index in [1.807, 2.05) is 4.90 Å². The molecule has 0 saturated carbocycles. The second-order valence-corrected chi connectivity index (χ2v) is 5.03. The molecule has 1 fully saturated rings. The van der Waals surface area contributed by atoms with Gasteiger partial charge in [0.2, 0.25) is 0 Å². The van der Waals surface area contributed by atoms with Gasteiger partial charge in [-0.25, -0.2) is 8.78 Å². The first-order valence-electron chi connectivity index (χ1n) is 4.24. The van der Waals surface area contributed by atoms with Gasteiger partial charge < -0.3 is 0 Å². The van der Waals surface area contributed by atoms with Crippen LogP contribution < -0.4 is 0 Å². The van der Waals surface area contributed by atoms with Crippen molar-refractivity contribution in [2.24, 2.45) is 5.92 Å². The molecule has 1 aliphatic rings. The molecule has 0 aromatic carbocycles. The van der Waals surface area contributed by atoms with Crippen molar-refractivity contribution < 1.29 is 8.78 Å². The number of halogens is 3. The molecule has 0 radical (unpaired) electrons. The Balaban J connectivity index is 2.30. The summed E-state index contributed by atoms with van der Waals surface area (Å²) in [5.41, 5.74) is 0. The van der Waals surface area contributed by atoms with E-state index in [9.17, 15) is 8.78 Å². The van der Waals surface area contributed by atoms with Gasteiger partial charge in [0.15, 0.2) is 0 Å². The molecular weight excluding hydrogens is 275 g/mol. The maximum Gasteiger partial charge on any atom is 0.251 e. The standard InChI is InChI=1S/C8H14F2IN/c1-6-2-3-12(4-7(6)11)5-8(9)10/h6-8H,2-5H2,1H3. The smallest absolute Gasteiger partial charge is 0.251 e. The van der Waals surface area contributed by atoms with Crippen molar-refractivity contribution in [3.8, 4) is 0 Å². The lowest BCUT2D eigenvalue weighted by Crippen LogP contribution is -2.42. The third kappa shape index (κ3) is 3.12. The summed E-state index contributed by atoms with van der Waals surface area (Å²) < 4.78 is 24.5. The van der Waals surface area contributed by atoms with E-state index >= 15 is 0 Å². The molecule has 1 rings (SSSR count). The van der Waals surface area contributed by atoms with Crippen LogP contribution in [-0.4, -0.2) is 34.9 Å². The molecule has 0 aromatic heterocycles. The van der Waals surface area contributed by atoms with Crippen LogP contribution in [0.5, 0.6) is 0 Å². The molecular formula is C8H14F2IN. The van der Waals surface area contributed by atoms with Crippen LogP contribution in [0, 0.1) is 5.92 Å². The van der Waals surface area contributed by atoms with Gasteiger partial charge in [0.1, 0.15) is 0 Å². The zero-order chi connectivity index (χ0) is 9.14. The molecule has 0 aromatic rings. The van der Waals surface area contributed by atoms with Crippen molar-refractivity contribution in [1.29, 1.82) is 0 Å². The first kappa shape index (κ1) is 10.6. The Morgan fingerprint density at radius 1 is 1.58 bits per heavy atom. The molecule has 2 unspecified atom stereocenters. The minimum Gasteiger partial charge on any atom is -0.297 e. The van der Waals surface area contributed by atoms with Crippen LogP contribution in [0.3, 0.4) is 0 Å². The predicted octanol–water partition coefficient (Wildman–Crippen LogP) is 2.40. The average Bonchev–Trinajstić information content (AvgIpc) is 1.96. The highest BCUT2D eigenvalue weighted by Crippen LogP contribution is 2.23. The number of likely N-dealkylation sites (tertiary alicyclic amines) is 1. The molecule has 1 nitrogen and oxygen atoms in total. The molecule has 72 valence electrons. The monoisotopic (exact) mass is 289 g/mol. The molecule has 0 N–H and O–H groups in total. The molecule has 1 aliphatic heterocycles. The van der Waals surface area contributed by atoms with Gasteiger partial charge >= 0.3 is 0 Å². The van der Waals surface area contributed by atoms with E-state index in [2.05, 4.69) is 29.5 Å². The fourth-order valence-electron chi connectivity index (χ4n) is 1.45. The van der Waals surface area contributed by atoms with E-state index in [-0.39, 0.29) is 6.54 Å². The molecule has 1 saturated heterocycles. The SMILES string of the molecule is CC1CCN(CC(F)F)CC1I. The molecule has 0 aliphatic carbocycles. The van der Waals surface area contributed by atoms with E-state index in [4.69, 9.17) is 0 Å². The molecule has 2 atom stereocenters. The fourth-order valence-corrected chi connectivity index (χ4v) is 2.36. The third-order valence-corrected chi connectivity index (χ3v) is 3.97. The lowest BCUT2D eigenvalue weighted by atomic mass is 9.99. The Morgan fingerprint density at radius 2 is 2.25 bits per heavy atom. The summed E-state index contributed by atoms with van der Waals surface area (Å²) in [5, 5.41) is 0. The van der Waals surface area contributed by atoms with Crippen molar-refractivity contribution in [2.75, 3.05) is 19.6 Å². The van der Waals surface area contributed by atoms with Crippen molar-refractivity contribution in [1.82, 2.24) is 4.90 Å². The van der Waals surface area contributed by atoms with Gasteiger partial charge in [-0.2, -0.15) is 0 Å². The Labute approximate surface area is 85.6 Å². The largest absolute Gasteiger partial charge is 0.297 e. The van der Waals surface area contributed by atoms with Crippen LogP contribution in [0.2, 0.25) is 0 Å². The first-order valence-corrected chi connectivity index (χ1v) is 5.48. The summed E-state index contributed by atoms with van der Waals surface area (Å²) in [6.45, 7) is 3.81. The zero-order valence-corrected chi connectivity index (χ0v) is 9.30. The zero-order valence-electron chi connectivity index (χ0n) is 7.14. The van der Waals surface area contributed by atoms with E-state index in [1.165, 1.54) is 0 Å². The summed E-state index contributed by atoms with van der Waals surface area (Å²) in [4.78, 5) is 1.86. The normalized spacial score (nSPS) is 32.8. The van der Waals surface area contributed by atoms with E-state index < -0.39 is 6.43 Å². The maximum absolute atomic E-state index is 12.0. The highest BCUT2D eigenvalue weighted by molar-refractivity contribution is 14.1. The topological polar surface area (TPSA) is 3.24 Å². The predicted molar refractivity (Wildman–Crippen MR) is 54.0 cm³/mol. The summed E-state index contributed by atoms with van der Waals surface area (Å²) in [6, 6.07) is 0. The molecule has 0 spiro atoms. The summed E-state index contributed by atoms with van der Waals surface area (Å²) in [6.07, 6.45) is -1.12. The van der Waals surface area contributed by atoms with E-state index in [0.29, 0.717) is 9.84 Å². The van der Waals surface area contributed by atoms with E-state index in [1.54, 1.807) is 0 Å². The van der Waals surface area contributed by atoms with Gasteiger partial charge in [-0.15, -0.1) is 0 Å². The minimum absolute atomic E-state index is 0.0494. The van der Waals surface area contributed by atoms with Gasteiger partial charge in [-0.3, -0.25) is 4.90 Å². The molecule has 0 bridgehead atoms. The second kappa shape index (κ2) is 4.69. The lowest BCUT2D eigenvalue weighted by Gasteiger charge is -2.33. The van der Waals surface area contributed by atoms with Crippen LogP contribution in [0.4, 0.5) is 8.78 Å². The number of hydrogen-bond acceptors (Lipinski definition) is 1. The molecule has 12 heavy (non-hydrogen) atoms. The van der Waals surface area contributed by atoms with Gasteiger partial charge in [0.05, 0.1) is 6.54 Å². The van der Waals surface area contributed by atoms with Crippen molar-refractivity contribution in [2.45, 2.75) is 23.7 Å². The van der Waals surface area contributed by atoms with Gasteiger partial charge in [-0.1, -0.05) is 29.5 Å². The first-order chi connectivity index (χ1) is 5.59. The number of piperidine rings is 1. The number of rotatable bonds is 2. The van der Waals surface area contributed by atoms with Crippen molar-refractivity contribution in [3.05, 3.63) is 0 Å². The van der Waals surface area contributed by atoms with Crippen molar-refractivity contribution in [3.63, 3.8) is 0 Å². The van der Waals surface area contributed by atoms with Crippen LogP contribution >= 0.6 is 22.6 Å². The highest BCUT2D eigenvalue weighted by atomic mass is 127. The number of nitrogens with zero attached hydrogens (tertiary/aromatic N) is 1. The lowest BCUT2D eigenvalue weighted by molar-refractivity contribution is 0.0742. The maximum atomic E-state index is 12.0. The summed E-state index contributed by atoms with van der Waals surface area (Å²) in [5.74, 6) is 0.680. The van der Waals surface area contributed by atoms with Crippen LogP contribution in [0.25, 0.3) is 0 Å². The summed E-state index contributed by atoms with van der Waals surface area (Å²) >= 11 is 2.36. The summed E-state index contributed by atoms with van der Waals surface area (Å²) in [7, 11) is 0. The van der Waals surface area contributed by atoms with Crippen LogP contribution in [0.1, 0.15) is 13.3 Å². The molecule has 1 heterocycles.